The number of nitrogens with one attached hydrogen (secondary N) is 2. The third kappa shape index (κ3) is 5.08. The molecule has 0 fully saturated rings. The highest BCUT2D eigenvalue weighted by Crippen LogP contribution is 2.12. The summed E-state index contributed by atoms with van der Waals surface area (Å²) in [5.41, 5.74) is 0.710. The maximum absolute atomic E-state index is 12.3. The van der Waals surface area contributed by atoms with E-state index in [0.29, 0.717) is 12.2 Å². The number of hydrogen-bond acceptors (Lipinski definition) is 5. The van der Waals surface area contributed by atoms with Crippen molar-refractivity contribution in [3.05, 3.63) is 85.4 Å². The molecule has 0 amide bonds. The van der Waals surface area contributed by atoms with Gasteiger partial charge < -0.3 is 24.0 Å². The number of furan rings is 1. The molecule has 0 unspecified atom stereocenters. The largest absolute Gasteiger partial charge is 0.492 e. The summed E-state index contributed by atoms with van der Waals surface area (Å²) in [5, 5.41) is 0.355. The lowest BCUT2D eigenvalue weighted by Crippen LogP contribution is -2.46. The summed E-state index contributed by atoms with van der Waals surface area (Å²) >= 11 is 0. The molecule has 2 N–H and O–H groups in total. The summed E-state index contributed by atoms with van der Waals surface area (Å²) < 4.78 is 10.6. The molecule has 0 aliphatic carbocycles. The number of ether oxygens (including phenoxy) is 1. The van der Waals surface area contributed by atoms with E-state index < -0.39 is 0 Å². The van der Waals surface area contributed by atoms with E-state index in [2.05, 4.69) is 9.97 Å². The molecule has 3 rings (SSSR count). The van der Waals surface area contributed by atoms with Gasteiger partial charge in [0.15, 0.2) is 0 Å². The summed E-state index contributed by atoms with van der Waals surface area (Å²) in [7, 11) is 3.97. The van der Waals surface area contributed by atoms with Crippen molar-refractivity contribution in [2.24, 2.45) is 0 Å². The Kier molecular flexibility index (Phi) is 5.73. The van der Waals surface area contributed by atoms with Crippen LogP contribution in [0.3, 0.4) is 0 Å². The third-order valence-electron chi connectivity index (χ3n) is 3.84. The smallest absolute Gasteiger partial charge is 0.272 e. The molecular formula is C20H21N3O4. The molecule has 3 aromatic rings. The Balaban J connectivity index is 1.84. The second kappa shape index (κ2) is 8.37. The van der Waals surface area contributed by atoms with Crippen LogP contribution in [-0.4, -0.2) is 42.1 Å². The molecule has 0 spiro atoms. The topological polar surface area (TPSA) is 91.3 Å². The highest BCUT2D eigenvalue weighted by atomic mass is 16.5. The van der Waals surface area contributed by atoms with Crippen molar-refractivity contribution in [3.8, 4) is 5.75 Å². The first kappa shape index (κ1) is 18.5. The van der Waals surface area contributed by atoms with Gasteiger partial charge in [-0.2, -0.15) is 0 Å². The summed E-state index contributed by atoms with van der Waals surface area (Å²) in [4.78, 5) is 31.7. The molecule has 0 radical (unpaired) electrons. The standard InChI is InChI=1S/C20H21N3O4/c1-23(2)8-10-27-16-5-3-14(4-6-16)11-17-19(24)22-18(20(25)21-17)12-15-7-9-26-13-15/h3-7,9,11-13H,8,10H2,1-2H3,(H,21,25)(H,22,24)/b17-11-,18-12-. The van der Waals surface area contributed by atoms with Gasteiger partial charge >= 0.3 is 0 Å². The van der Waals surface area contributed by atoms with E-state index in [-0.39, 0.29) is 21.8 Å². The lowest BCUT2D eigenvalue weighted by molar-refractivity contribution is 0.261. The Morgan fingerprint density at radius 2 is 1.59 bits per heavy atom. The zero-order valence-electron chi connectivity index (χ0n) is 15.2. The molecular weight excluding hydrogens is 346 g/mol. The molecule has 2 aromatic heterocycles. The fraction of sp³-hybridized carbons (Fsp3) is 0.200. The van der Waals surface area contributed by atoms with Crippen LogP contribution >= 0.6 is 0 Å². The van der Waals surface area contributed by atoms with Crippen LogP contribution in [0.25, 0.3) is 12.2 Å². The average Bonchev–Trinajstić information content (AvgIpc) is 3.13. The first-order valence-electron chi connectivity index (χ1n) is 8.47. The van der Waals surface area contributed by atoms with E-state index >= 15 is 0 Å². The minimum absolute atomic E-state index is 0.170. The third-order valence-corrected chi connectivity index (χ3v) is 3.84. The second-order valence-corrected chi connectivity index (χ2v) is 6.30. The fourth-order valence-electron chi connectivity index (χ4n) is 2.39. The van der Waals surface area contributed by atoms with Crippen molar-refractivity contribution in [1.82, 2.24) is 14.9 Å². The van der Waals surface area contributed by atoms with Crippen molar-refractivity contribution in [3.63, 3.8) is 0 Å². The van der Waals surface area contributed by atoms with Gasteiger partial charge in [0.1, 0.15) is 23.1 Å². The number of H-pyrrole nitrogens is 2. The molecule has 27 heavy (non-hydrogen) atoms. The summed E-state index contributed by atoms with van der Waals surface area (Å²) in [6, 6.07) is 9.01. The van der Waals surface area contributed by atoms with Gasteiger partial charge in [0.05, 0.1) is 12.5 Å². The van der Waals surface area contributed by atoms with Crippen molar-refractivity contribution in [1.29, 1.82) is 0 Å². The minimum atomic E-state index is -0.384. The van der Waals surface area contributed by atoms with E-state index in [4.69, 9.17) is 9.15 Å². The van der Waals surface area contributed by atoms with Crippen molar-refractivity contribution in [2.45, 2.75) is 0 Å². The van der Waals surface area contributed by atoms with Crippen LogP contribution in [0.4, 0.5) is 0 Å². The zero-order chi connectivity index (χ0) is 19.2. The molecule has 140 valence electrons. The summed E-state index contributed by atoms with van der Waals surface area (Å²) in [6.45, 7) is 1.42. The van der Waals surface area contributed by atoms with Crippen molar-refractivity contribution >= 4 is 12.2 Å². The lowest BCUT2D eigenvalue weighted by Gasteiger charge is -2.10. The molecule has 0 saturated carbocycles. The Morgan fingerprint density at radius 1 is 0.963 bits per heavy atom. The van der Waals surface area contributed by atoms with E-state index in [1.54, 1.807) is 18.2 Å². The molecule has 0 atom stereocenters. The number of aromatic nitrogens is 2. The van der Waals surface area contributed by atoms with E-state index in [1.807, 2.05) is 43.3 Å². The normalized spacial score (nSPS) is 12.7. The Hall–Kier alpha value is -3.32. The van der Waals surface area contributed by atoms with Crippen molar-refractivity contribution in [2.75, 3.05) is 27.2 Å². The lowest BCUT2D eigenvalue weighted by atomic mass is 10.2. The van der Waals surface area contributed by atoms with Crippen LogP contribution in [0.15, 0.2) is 56.9 Å². The van der Waals surface area contributed by atoms with E-state index in [0.717, 1.165) is 17.9 Å². The van der Waals surface area contributed by atoms with Gasteiger partial charge in [-0.05, 0) is 50.0 Å². The number of hydrogen-bond donors (Lipinski definition) is 2. The SMILES string of the molecule is CN(C)CCOc1ccc(/C=c2\[nH]c(=O)/c(=C/c3ccoc3)[nH]c2=O)cc1. The van der Waals surface area contributed by atoms with Crippen LogP contribution < -0.4 is 26.6 Å². The molecule has 0 aliphatic heterocycles. The second-order valence-electron chi connectivity index (χ2n) is 6.30. The maximum atomic E-state index is 12.3. The monoisotopic (exact) mass is 367 g/mol. The van der Waals surface area contributed by atoms with Gasteiger partial charge in [-0.25, -0.2) is 0 Å². The molecule has 0 bridgehead atoms. The molecule has 0 aliphatic rings. The Bertz CT molecular complexity index is 1110. The molecule has 1 aromatic carbocycles. The maximum Gasteiger partial charge on any atom is 0.272 e. The van der Waals surface area contributed by atoms with Crippen LogP contribution in [0.5, 0.6) is 5.75 Å². The predicted octanol–water partition coefficient (Wildman–Crippen LogP) is 0.254. The molecule has 7 nitrogen and oxygen atoms in total. The van der Waals surface area contributed by atoms with Gasteiger partial charge in [-0.1, -0.05) is 12.1 Å². The van der Waals surface area contributed by atoms with Crippen LogP contribution in [0.2, 0.25) is 0 Å². The number of rotatable bonds is 6. The quantitative estimate of drug-likeness (QED) is 0.652. The average molecular weight is 367 g/mol. The van der Waals surface area contributed by atoms with Gasteiger partial charge in [0, 0.05) is 12.1 Å². The Morgan fingerprint density at radius 3 is 2.15 bits per heavy atom. The number of aromatic amines is 2. The first-order chi connectivity index (χ1) is 13.0. The predicted molar refractivity (Wildman–Crippen MR) is 103 cm³/mol. The molecule has 0 saturated heterocycles. The highest BCUT2D eigenvalue weighted by molar-refractivity contribution is 5.50. The summed E-state index contributed by atoms with van der Waals surface area (Å²) in [5.74, 6) is 0.751. The van der Waals surface area contributed by atoms with Gasteiger partial charge in [-0.3, -0.25) is 9.59 Å². The van der Waals surface area contributed by atoms with Gasteiger partial charge in [0.2, 0.25) is 0 Å². The number of benzene rings is 1. The first-order valence-corrected chi connectivity index (χ1v) is 8.47. The van der Waals surface area contributed by atoms with E-state index in [9.17, 15) is 9.59 Å². The van der Waals surface area contributed by atoms with E-state index in [1.165, 1.54) is 12.5 Å². The van der Waals surface area contributed by atoms with Gasteiger partial charge in [0.25, 0.3) is 11.1 Å². The summed E-state index contributed by atoms with van der Waals surface area (Å²) in [6.07, 6.45) is 6.15. The molecule has 2 heterocycles. The number of nitrogens with zero attached hydrogens (tertiary/aromatic N) is 1. The van der Waals surface area contributed by atoms with Crippen LogP contribution in [-0.2, 0) is 0 Å². The highest BCUT2D eigenvalue weighted by Gasteiger charge is 1.99. The zero-order valence-corrected chi connectivity index (χ0v) is 15.2. The number of likely N-dealkylation sites (N-methyl/N-ethyl adjacent to an activating group) is 1. The molecule has 7 heteroatoms. The van der Waals surface area contributed by atoms with Gasteiger partial charge in [-0.15, -0.1) is 0 Å². The fourth-order valence-corrected chi connectivity index (χ4v) is 2.39. The Labute approximate surface area is 155 Å². The van der Waals surface area contributed by atoms with Crippen LogP contribution in [0, 0.1) is 0 Å². The van der Waals surface area contributed by atoms with Crippen LogP contribution in [0.1, 0.15) is 11.1 Å². The minimum Gasteiger partial charge on any atom is -0.492 e. The van der Waals surface area contributed by atoms with Crippen molar-refractivity contribution < 1.29 is 9.15 Å².